The van der Waals surface area contributed by atoms with Gasteiger partial charge < -0.3 is 24.4 Å². The van der Waals surface area contributed by atoms with E-state index in [1.54, 1.807) is 12.0 Å². The van der Waals surface area contributed by atoms with Crippen molar-refractivity contribution in [3.05, 3.63) is 48.0 Å². The molecule has 0 spiro atoms. The molecule has 8 heteroatoms. The summed E-state index contributed by atoms with van der Waals surface area (Å²) < 4.78 is 16.7. The van der Waals surface area contributed by atoms with Gasteiger partial charge in [0.15, 0.2) is 11.5 Å². The third-order valence-electron chi connectivity index (χ3n) is 6.85. The van der Waals surface area contributed by atoms with E-state index in [1.165, 1.54) is 5.56 Å². The van der Waals surface area contributed by atoms with Crippen molar-refractivity contribution in [3.8, 4) is 17.2 Å². The molecule has 0 bridgehead atoms. The quantitative estimate of drug-likeness (QED) is 0.707. The van der Waals surface area contributed by atoms with Crippen molar-refractivity contribution in [1.82, 2.24) is 10.2 Å². The second kappa shape index (κ2) is 9.93. The molecule has 1 atom stereocenters. The second-order valence-corrected chi connectivity index (χ2v) is 9.10. The minimum atomic E-state index is -0.340. The normalized spacial score (nSPS) is 20.9. The molecular formula is C26H31N3O5. The van der Waals surface area contributed by atoms with Crippen LogP contribution in [0.1, 0.15) is 24.8 Å². The molecule has 2 amide bonds. The molecule has 3 heterocycles. The van der Waals surface area contributed by atoms with Gasteiger partial charge in [0.2, 0.25) is 11.8 Å². The summed E-state index contributed by atoms with van der Waals surface area (Å²) in [6, 6.07) is 13.7. The molecule has 34 heavy (non-hydrogen) atoms. The summed E-state index contributed by atoms with van der Waals surface area (Å²) in [6.45, 7) is 4.07. The molecule has 1 N–H and O–H groups in total. The van der Waals surface area contributed by atoms with E-state index in [0.29, 0.717) is 31.3 Å². The Kier molecular flexibility index (Phi) is 6.58. The molecular weight excluding hydrogens is 434 g/mol. The van der Waals surface area contributed by atoms with Crippen LogP contribution in [-0.2, 0) is 16.1 Å². The Balaban J connectivity index is 1.13. The molecule has 3 aliphatic rings. The lowest BCUT2D eigenvalue weighted by atomic mass is 10.0. The van der Waals surface area contributed by atoms with E-state index in [0.717, 1.165) is 43.9 Å². The number of fused-ring (bicyclic) bond motifs is 1. The predicted octanol–water partition coefficient (Wildman–Crippen LogP) is 2.60. The fourth-order valence-electron chi connectivity index (χ4n) is 4.96. The average molecular weight is 466 g/mol. The van der Waals surface area contributed by atoms with Gasteiger partial charge in [-0.15, -0.1) is 0 Å². The number of piperidine rings is 1. The van der Waals surface area contributed by atoms with Crippen LogP contribution in [0.3, 0.4) is 0 Å². The minimum Gasteiger partial charge on any atom is -0.496 e. The molecule has 2 aromatic carbocycles. The SMILES string of the molecule is COc1ccccc1CN1CCC(NC(=O)C2CC(=O)N(c3ccc4c(c3)OCCO4)C2)CC1. The summed E-state index contributed by atoms with van der Waals surface area (Å²) in [5, 5.41) is 3.20. The van der Waals surface area contributed by atoms with Crippen LogP contribution < -0.4 is 24.4 Å². The van der Waals surface area contributed by atoms with Crippen molar-refractivity contribution in [2.45, 2.75) is 31.8 Å². The first-order valence-corrected chi connectivity index (χ1v) is 12.0. The molecule has 0 saturated carbocycles. The van der Waals surface area contributed by atoms with Gasteiger partial charge in [-0.3, -0.25) is 14.5 Å². The fourth-order valence-corrected chi connectivity index (χ4v) is 4.96. The number of para-hydroxylation sites is 1. The third kappa shape index (κ3) is 4.82. The highest BCUT2D eigenvalue weighted by Gasteiger charge is 2.36. The van der Waals surface area contributed by atoms with Crippen LogP contribution >= 0.6 is 0 Å². The molecule has 0 radical (unpaired) electrons. The number of anilines is 1. The van der Waals surface area contributed by atoms with E-state index in [9.17, 15) is 9.59 Å². The van der Waals surface area contributed by atoms with Gasteiger partial charge in [-0.25, -0.2) is 0 Å². The summed E-state index contributed by atoms with van der Waals surface area (Å²) in [6.07, 6.45) is 2.02. The van der Waals surface area contributed by atoms with Crippen LogP contribution in [0.5, 0.6) is 17.2 Å². The lowest BCUT2D eigenvalue weighted by molar-refractivity contribution is -0.127. The lowest BCUT2D eigenvalue weighted by Crippen LogP contribution is -2.46. The van der Waals surface area contributed by atoms with Gasteiger partial charge in [0, 0.05) is 56.0 Å². The zero-order valence-electron chi connectivity index (χ0n) is 19.5. The van der Waals surface area contributed by atoms with Gasteiger partial charge in [0.25, 0.3) is 0 Å². The van der Waals surface area contributed by atoms with Crippen LogP contribution in [0.15, 0.2) is 42.5 Å². The number of carbonyl (C=O) groups excluding carboxylic acids is 2. The van der Waals surface area contributed by atoms with Crippen LogP contribution in [0.2, 0.25) is 0 Å². The van der Waals surface area contributed by atoms with E-state index < -0.39 is 0 Å². The standard InChI is InChI=1S/C26H31N3O5/c1-32-22-5-3-2-4-18(22)16-28-10-8-20(9-11-28)27-26(31)19-14-25(30)29(17-19)21-6-7-23-24(15-21)34-13-12-33-23/h2-7,15,19-20H,8-14,16-17H2,1H3,(H,27,31). The number of likely N-dealkylation sites (tertiary alicyclic amines) is 1. The van der Waals surface area contributed by atoms with Gasteiger partial charge >= 0.3 is 0 Å². The number of hydrogen-bond acceptors (Lipinski definition) is 6. The number of amides is 2. The van der Waals surface area contributed by atoms with Crippen molar-refractivity contribution in [2.75, 3.05) is 44.9 Å². The minimum absolute atomic E-state index is 0.0310. The number of methoxy groups -OCH3 is 1. The van der Waals surface area contributed by atoms with Crippen LogP contribution in [0.4, 0.5) is 5.69 Å². The number of hydrogen-bond donors (Lipinski definition) is 1. The van der Waals surface area contributed by atoms with E-state index in [1.807, 2.05) is 36.4 Å². The zero-order valence-corrected chi connectivity index (χ0v) is 19.5. The van der Waals surface area contributed by atoms with E-state index in [-0.39, 0.29) is 30.2 Å². The Morgan fingerprint density at radius 2 is 1.85 bits per heavy atom. The topological polar surface area (TPSA) is 80.3 Å². The largest absolute Gasteiger partial charge is 0.496 e. The molecule has 3 aliphatic heterocycles. The molecule has 2 saturated heterocycles. The number of carbonyl (C=O) groups is 2. The Morgan fingerprint density at radius 1 is 1.09 bits per heavy atom. The first kappa shape index (κ1) is 22.5. The van der Waals surface area contributed by atoms with Crippen molar-refractivity contribution in [3.63, 3.8) is 0 Å². The Morgan fingerprint density at radius 3 is 2.65 bits per heavy atom. The molecule has 0 aromatic heterocycles. The molecule has 0 aliphatic carbocycles. The highest BCUT2D eigenvalue weighted by molar-refractivity contribution is 6.00. The number of nitrogens with zero attached hydrogens (tertiary/aromatic N) is 2. The molecule has 180 valence electrons. The summed E-state index contributed by atoms with van der Waals surface area (Å²) in [5.74, 6) is 1.83. The zero-order chi connectivity index (χ0) is 23.5. The Bertz CT molecular complexity index is 1050. The van der Waals surface area contributed by atoms with Gasteiger partial charge in [-0.05, 0) is 31.0 Å². The number of rotatable bonds is 6. The van der Waals surface area contributed by atoms with Crippen LogP contribution in [0.25, 0.3) is 0 Å². The molecule has 8 nitrogen and oxygen atoms in total. The van der Waals surface area contributed by atoms with Gasteiger partial charge in [-0.1, -0.05) is 18.2 Å². The molecule has 2 fully saturated rings. The van der Waals surface area contributed by atoms with E-state index in [2.05, 4.69) is 16.3 Å². The summed E-state index contributed by atoms with van der Waals surface area (Å²) in [4.78, 5) is 29.7. The highest BCUT2D eigenvalue weighted by Crippen LogP contribution is 2.36. The van der Waals surface area contributed by atoms with E-state index >= 15 is 0 Å². The van der Waals surface area contributed by atoms with Crippen molar-refractivity contribution >= 4 is 17.5 Å². The van der Waals surface area contributed by atoms with Crippen molar-refractivity contribution < 1.29 is 23.8 Å². The van der Waals surface area contributed by atoms with Gasteiger partial charge in [0.1, 0.15) is 19.0 Å². The first-order valence-electron chi connectivity index (χ1n) is 12.0. The fraction of sp³-hybridized carbons (Fsp3) is 0.462. The number of benzene rings is 2. The van der Waals surface area contributed by atoms with Gasteiger partial charge in [0.05, 0.1) is 13.0 Å². The second-order valence-electron chi connectivity index (χ2n) is 9.10. The Hall–Kier alpha value is -3.26. The first-order chi connectivity index (χ1) is 16.6. The molecule has 2 aromatic rings. The average Bonchev–Trinajstić information content (AvgIpc) is 3.27. The monoisotopic (exact) mass is 465 g/mol. The summed E-state index contributed by atoms with van der Waals surface area (Å²) >= 11 is 0. The summed E-state index contributed by atoms with van der Waals surface area (Å²) in [7, 11) is 1.70. The smallest absolute Gasteiger partial charge is 0.227 e. The number of ether oxygens (including phenoxy) is 3. The molecule has 5 rings (SSSR count). The maximum absolute atomic E-state index is 13.0. The maximum atomic E-state index is 13.0. The Labute approximate surface area is 199 Å². The van der Waals surface area contributed by atoms with Crippen molar-refractivity contribution in [2.24, 2.45) is 5.92 Å². The summed E-state index contributed by atoms with van der Waals surface area (Å²) in [5.41, 5.74) is 1.92. The van der Waals surface area contributed by atoms with E-state index in [4.69, 9.17) is 14.2 Å². The van der Waals surface area contributed by atoms with Gasteiger partial charge in [-0.2, -0.15) is 0 Å². The van der Waals surface area contributed by atoms with Crippen molar-refractivity contribution in [1.29, 1.82) is 0 Å². The van der Waals surface area contributed by atoms with Crippen LogP contribution in [-0.4, -0.2) is 62.7 Å². The molecule has 1 unspecified atom stereocenters. The maximum Gasteiger partial charge on any atom is 0.227 e. The highest BCUT2D eigenvalue weighted by atomic mass is 16.6. The third-order valence-corrected chi connectivity index (χ3v) is 6.85. The number of nitrogens with one attached hydrogen (secondary N) is 1. The lowest BCUT2D eigenvalue weighted by Gasteiger charge is -2.33. The van der Waals surface area contributed by atoms with Crippen LogP contribution in [0, 0.1) is 5.92 Å². The predicted molar refractivity (Wildman–Crippen MR) is 127 cm³/mol.